The van der Waals surface area contributed by atoms with E-state index in [1.54, 1.807) is 47.4 Å². The van der Waals surface area contributed by atoms with Crippen molar-refractivity contribution in [3.05, 3.63) is 131 Å². The van der Waals surface area contributed by atoms with Crippen molar-refractivity contribution in [3.63, 3.8) is 0 Å². The highest BCUT2D eigenvalue weighted by atomic mass is 35.5. The number of carbonyl (C=O) groups excluding carboxylic acids is 1. The van der Waals surface area contributed by atoms with Crippen LogP contribution in [0.2, 0.25) is 10.0 Å². The predicted molar refractivity (Wildman–Crippen MR) is 155 cm³/mol. The van der Waals surface area contributed by atoms with Gasteiger partial charge in [-0.2, -0.15) is 5.10 Å². The van der Waals surface area contributed by atoms with E-state index in [4.69, 9.17) is 27.9 Å². The number of ether oxygens (including phenoxy) is 1. The van der Waals surface area contributed by atoms with E-state index in [0.29, 0.717) is 16.5 Å². The fourth-order valence-electron chi connectivity index (χ4n) is 3.90. The lowest BCUT2D eigenvalue weighted by Gasteiger charge is -2.15. The zero-order chi connectivity index (χ0) is 28.1. The van der Waals surface area contributed by atoms with Gasteiger partial charge in [-0.05, 0) is 72.3 Å². The standard InChI is InChI=1S/C29H22Cl2N4O4S/c30-21-10-15-26(24(18-21)29(36)32-19-20-6-1-3-8-27(20)35-17-5-16-33-35)34-40(37,38)23-13-11-22(12-14-23)39-28-9-4-2-7-25(28)31/h1-18,34H,19H2,(H,32,36). The lowest BCUT2D eigenvalue weighted by Crippen LogP contribution is -2.25. The van der Waals surface area contributed by atoms with Gasteiger partial charge in [0.1, 0.15) is 11.5 Å². The van der Waals surface area contributed by atoms with Gasteiger partial charge in [-0.15, -0.1) is 0 Å². The topological polar surface area (TPSA) is 102 Å². The van der Waals surface area contributed by atoms with Gasteiger partial charge in [0.2, 0.25) is 0 Å². The second-order valence-electron chi connectivity index (χ2n) is 8.56. The van der Waals surface area contributed by atoms with Crippen molar-refractivity contribution in [1.29, 1.82) is 0 Å². The Morgan fingerprint density at radius 2 is 1.65 bits per heavy atom. The number of aromatic nitrogens is 2. The summed E-state index contributed by atoms with van der Waals surface area (Å²) in [6.45, 7) is 0.181. The highest BCUT2D eigenvalue weighted by Gasteiger charge is 2.20. The third kappa shape index (κ3) is 6.28. The van der Waals surface area contributed by atoms with Gasteiger partial charge in [-0.1, -0.05) is 53.5 Å². The molecule has 0 aliphatic rings. The molecule has 5 rings (SSSR count). The zero-order valence-electron chi connectivity index (χ0n) is 20.8. The Hall–Kier alpha value is -4.31. The Balaban J connectivity index is 1.32. The Bertz CT molecular complexity index is 1760. The minimum atomic E-state index is -4.05. The normalized spacial score (nSPS) is 11.2. The van der Waals surface area contributed by atoms with Crippen LogP contribution >= 0.6 is 23.2 Å². The molecule has 0 spiro atoms. The lowest BCUT2D eigenvalue weighted by atomic mass is 10.1. The number of rotatable bonds is 9. The van der Waals surface area contributed by atoms with E-state index < -0.39 is 15.9 Å². The Morgan fingerprint density at radius 3 is 2.40 bits per heavy atom. The summed E-state index contributed by atoms with van der Waals surface area (Å²) >= 11 is 12.3. The lowest BCUT2D eigenvalue weighted by molar-refractivity contribution is 0.0952. The van der Waals surface area contributed by atoms with Crippen LogP contribution in [0.15, 0.2) is 114 Å². The molecule has 0 fully saturated rings. The summed E-state index contributed by atoms with van der Waals surface area (Å²) in [5, 5.41) is 7.81. The maximum absolute atomic E-state index is 13.2. The average molecular weight is 593 g/mol. The third-order valence-corrected chi connectivity index (χ3v) is 7.78. The van der Waals surface area contributed by atoms with Crippen LogP contribution < -0.4 is 14.8 Å². The van der Waals surface area contributed by atoms with E-state index in [1.165, 1.54) is 42.5 Å². The molecule has 0 aliphatic heterocycles. The number of nitrogens with zero attached hydrogens (tertiary/aromatic N) is 2. The zero-order valence-corrected chi connectivity index (χ0v) is 23.1. The molecule has 4 aromatic carbocycles. The molecule has 2 N–H and O–H groups in total. The van der Waals surface area contributed by atoms with Crippen LogP contribution in [-0.2, 0) is 16.6 Å². The van der Waals surface area contributed by atoms with Gasteiger partial charge in [0.05, 0.1) is 26.9 Å². The quantitative estimate of drug-likeness (QED) is 0.198. The Labute approximate surface area is 241 Å². The first-order chi connectivity index (χ1) is 19.3. The summed E-state index contributed by atoms with van der Waals surface area (Å²) in [6, 6.07) is 26.5. The van der Waals surface area contributed by atoms with E-state index in [1.807, 2.05) is 24.3 Å². The highest BCUT2D eigenvalue weighted by molar-refractivity contribution is 7.92. The van der Waals surface area contributed by atoms with E-state index >= 15 is 0 Å². The molecule has 0 radical (unpaired) electrons. The predicted octanol–water partition coefficient (Wildman–Crippen LogP) is 6.70. The van der Waals surface area contributed by atoms with Gasteiger partial charge in [0.25, 0.3) is 15.9 Å². The van der Waals surface area contributed by atoms with Crippen LogP contribution in [0, 0.1) is 0 Å². The molecule has 11 heteroatoms. The van der Waals surface area contributed by atoms with Crippen LogP contribution in [0.1, 0.15) is 15.9 Å². The van der Waals surface area contributed by atoms with Crippen molar-refractivity contribution in [1.82, 2.24) is 15.1 Å². The number of hydrogen-bond donors (Lipinski definition) is 2. The van der Waals surface area contributed by atoms with Gasteiger partial charge in [0, 0.05) is 24.0 Å². The van der Waals surface area contributed by atoms with Crippen LogP contribution in [0.4, 0.5) is 5.69 Å². The first-order valence-electron chi connectivity index (χ1n) is 12.0. The van der Waals surface area contributed by atoms with E-state index in [2.05, 4.69) is 15.1 Å². The molecule has 8 nitrogen and oxygen atoms in total. The van der Waals surface area contributed by atoms with E-state index in [0.717, 1.165) is 11.3 Å². The molecule has 0 saturated carbocycles. The highest BCUT2D eigenvalue weighted by Crippen LogP contribution is 2.30. The number of hydrogen-bond acceptors (Lipinski definition) is 5. The van der Waals surface area contributed by atoms with Gasteiger partial charge in [-0.3, -0.25) is 9.52 Å². The molecule has 1 aromatic heterocycles. The summed E-state index contributed by atoms with van der Waals surface area (Å²) in [6.07, 6.45) is 3.47. The van der Waals surface area contributed by atoms with Crippen LogP contribution in [-0.4, -0.2) is 24.1 Å². The number of anilines is 1. The summed E-state index contributed by atoms with van der Waals surface area (Å²) in [7, 11) is -4.05. The first kappa shape index (κ1) is 27.3. The molecular weight excluding hydrogens is 571 g/mol. The fraction of sp³-hybridized carbons (Fsp3) is 0.0345. The average Bonchev–Trinajstić information content (AvgIpc) is 3.49. The van der Waals surface area contributed by atoms with Gasteiger partial charge < -0.3 is 10.1 Å². The third-order valence-electron chi connectivity index (χ3n) is 5.85. The molecule has 0 atom stereocenters. The second kappa shape index (κ2) is 11.8. The van der Waals surface area contributed by atoms with Crippen LogP contribution in [0.25, 0.3) is 5.69 Å². The maximum atomic E-state index is 13.2. The summed E-state index contributed by atoms with van der Waals surface area (Å²) in [5.41, 5.74) is 1.79. The van der Waals surface area contributed by atoms with Crippen molar-refractivity contribution in [2.45, 2.75) is 11.4 Å². The molecule has 5 aromatic rings. The molecule has 40 heavy (non-hydrogen) atoms. The number of para-hydroxylation sites is 2. The van der Waals surface area contributed by atoms with Gasteiger partial charge in [-0.25, -0.2) is 13.1 Å². The van der Waals surface area contributed by atoms with Gasteiger partial charge >= 0.3 is 0 Å². The number of carbonyl (C=O) groups is 1. The largest absolute Gasteiger partial charge is 0.456 e. The van der Waals surface area contributed by atoms with Crippen molar-refractivity contribution in [3.8, 4) is 17.2 Å². The maximum Gasteiger partial charge on any atom is 0.261 e. The van der Waals surface area contributed by atoms with E-state index in [-0.39, 0.29) is 27.7 Å². The fourth-order valence-corrected chi connectivity index (χ4v) is 5.33. The van der Waals surface area contributed by atoms with Crippen LogP contribution in [0.3, 0.4) is 0 Å². The molecule has 0 bridgehead atoms. The smallest absolute Gasteiger partial charge is 0.261 e. The Kier molecular flexibility index (Phi) is 8.06. The second-order valence-corrected chi connectivity index (χ2v) is 11.1. The van der Waals surface area contributed by atoms with Crippen molar-refractivity contribution in [2.24, 2.45) is 0 Å². The number of halogens is 2. The minimum absolute atomic E-state index is 0.0199. The molecule has 202 valence electrons. The molecular formula is C29H22Cl2N4O4S. The van der Waals surface area contributed by atoms with Crippen molar-refractivity contribution < 1.29 is 17.9 Å². The van der Waals surface area contributed by atoms with Crippen LogP contribution in [0.5, 0.6) is 11.5 Å². The SMILES string of the molecule is O=C(NCc1ccccc1-n1cccn1)c1cc(Cl)ccc1NS(=O)(=O)c1ccc(Oc2ccccc2Cl)cc1. The molecule has 1 amide bonds. The van der Waals surface area contributed by atoms with E-state index in [9.17, 15) is 13.2 Å². The minimum Gasteiger partial charge on any atom is -0.456 e. The summed E-state index contributed by atoms with van der Waals surface area (Å²) < 4.78 is 36.3. The number of sulfonamides is 1. The monoisotopic (exact) mass is 592 g/mol. The molecule has 1 heterocycles. The number of benzene rings is 4. The van der Waals surface area contributed by atoms with Gasteiger partial charge in [0.15, 0.2) is 0 Å². The molecule has 0 unspecified atom stereocenters. The number of nitrogens with one attached hydrogen (secondary N) is 2. The summed E-state index contributed by atoms with van der Waals surface area (Å²) in [5.74, 6) is 0.356. The molecule has 0 saturated heterocycles. The van der Waals surface area contributed by atoms with Crippen molar-refractivity contribution in [2.75, 3.05) is 4.72 Å². The summed E-state index contributed by atoms with van der Waals surface area (Å²) in [4.78, 5) is 13.2. The Morgan fingerprint density at radius 1 is 0.900 bits per heavy atom. The van der Waals surface area contributed by atoms with Crippen molar-refractivity contribution >= 4 is 44.8 Å². The number of amides is 1. The molecule has 0 aliphatic carbocycles. The first-order valence-corrected chi connectivity index (χ1v) is 14.2.